The molecule has 3 atom stereocenters. The molecule has 1 aromatic heterocycles. The van der Waals surface area contributed by atoms with Gasteiger partial charge in [-0.2, -0.15) is 4.31 Å². The lowest BCUT2D eigenvalue weighted by Gasteiger charge is -2.25. The van der Waals surface area contributed by atoms with Gasteiger partial charge >= 0.3 is 0 Å². The smallest absolute Gasteiger partial charge is 0.244 e. The van der Waals surface area contributed by atoms with Crippen molar-refractivity contribution in [2.45, 2.75) is 37.2 Å². The van der Waals surface area contributed by atoms with Gasteiger partial charge in [-0.1, -0.05) is 12.1 Å². The number of fused-ring (bicyclic) bond motifs is 2. The van der Waals surface area contributed by atoms with Gasteiger partial charge in [0.15, 0.2) is 0 Å². The average molecular weight is 331 g/mol. The predicted octanol–water partition coefficient (Wildman–Crippen LogP) is 1.91. The van der Waals surface area contributed by atoms with Crippen LogP contribution in [0.15, 0.2) is 35.5 Å². The highest BCUT2D eigenvalue weighted by Gasteiger charge is 2.47. The van der Waals surface area contributed by atoms with Gasteiger partial charge in [0.1, 0.15) is 0 Å². The number of hydrogen-bond donors (Lipinski definition) is 1. The molecule has 3 unspecified atom stereocenters. The molecule has 5 nitrogen and oxygen atoms in total. The Balaban J connectivity index is 1.84. The molecule has 0 saturated carbocycles. The molecular weight excluding hydrogens is 310 g/mol. The highest BCUT2D eigenvalue weighted by atomic mass is 32.2. The fraction of sp³-hybridized carbons (Fsp3) is 0.471. The molecule has 0 radical (unpaired) electrons. The third kappa shape index (κ3) is 2.20. The molecule has 23 heavy (non-hydrogen) atoms. The lowest BCUT2D eigenvalue weighted by atomic mass is 10.0. The van der Waals surface area contributed by atoms with Crippen molar-refractivity contribution < 1.29 is 8.42 Å². The number of benzene rings is 1. The Morgan fingerprint density at radius 3 is 2.91 bits per heavy atom. The van der Waals surface area contributed by atoms with Gasteiger partial charge in [-0.15, -0.1) is 0 Å². The Kier molecular flexibility index (Phi) is 3.44. The summed E-state index contributed by atoms with van der Waals surface area (Å²) in [7, 11) is -3.51. The third-order valence-corrected chi connectivity index (χ3v) is 7.31. The predicted molar refractivity (Wildman–Crippen MR) is 89.7 cm³/mol. The van der Waals surface area contributed by atoms with Crippen LogP contribution in [0.2, 0.25) is 0 Å². The van der Waals surface area contributed by atoms with Gasteiger partial charge in [-0.25, -0.2) is 8.42 Å². The fourth-order valence-electron chi connectivity index (χ4n) is 4.16. The molecule has 122 valence electrons. The first-order valence-electron chi connectivity index (χ1n) is 8.08. The largest absolute Gasteiger partial charge is 0.312 e. The number of pyridine rings is 1. The quantitative estimate of drug-likeness (QED) is 0.913. The number of rotatable bonds is 2. The van der Waals surface area contributed by atoms with Crippen molar-refractivity contribution in [1.29, 1.82) is 0 Å². The molecule has 0 bridgehead atoms. The maximum Gasteiger partial charge on any atom is 0.244 e. The van der Waals surface area contributed by atoms with Crippen molar-refractivity contribution in [2.24, 2.45) is 5.92 Å². The summed E-state index contributed by atoms with van der Waals surface area (Å²) < 4.78 is 28.3. The Morgan fingerprint density at radius 2 is 2.13 bits per heavy atom. The molecule has 1 aromatic carbocycles. The molecule has 0 spiro atoms. The Bertz CT molecular complexity index is 860. The Morgan fingerprint density at radius 1 is 1.30 bits per heavy atom. The van der Waals surface area contributed by atoms with E-state index < -0.39 is 10.0 Å². The molecule has 4 rings (SSSR count). The average Bonchev–Trinajstić information content (AvgIpc) is 3.11. The first-order chi connectivity index (χ1) is 11.0. The first-order valence-corrected chi connectivity index (χ1v) is 9.53. The normalized spacial score (nSPS) is 28.3. The van der Waals surface area contributed by atoms with E-state index in [1.54, 1.807) is 28.8 Å². The third-order valence-electron chi connectivity index (χ3n) is 5.31. The van der Waals surface area contributed by atoms with E-state index in [-0.39, 0.29) is 12.1 Å². The molecule has 2 saturated heterocycles. The summed E-state index contributed by atoms with van der Waals surface area (Å²) >= 11 is 0. The zero-order chi connectivity index (χ0) is 16.2. The number of aryl methyl sites for hydroxylation is 1. The van der Waals surface area contributed by atoms with E-state index in [1.165, 1.54) is 0 Å². The molecule has 2 fully saturated rings. The van der Waals surface area contributed by atoms with Gasteiger partial charge in [-0.3, -0.25) is 4.98 Å². The molecule has 0 aliphatic carbocycles. The highest BCUT2D eigenvalue weighted by Crippen LogP contribution is 2.36. The topological polar surface area (TPSA) is 62.3 Å². The molecule has 2 aliphatic heterocycles. The minimum atomic E-state index is -3.51. The van der Waals surface area contributed by atoms with E-state index in [9.17, 15) is 8.42 Å². The van der Waals surface area contributed by atoms with Crippen LogP contribution in [-0.4, -0.2) is 42.9 Å². The van der Waals surface area contributed by atoms with Gasteiger partial charge in [0.25, 0.3) is 0 Å². The van der Waals surface area contributed by atoms with Crippen LogP contribution in [-0.2, 0) is 10.0 Å². The van der Waals surface area contributed by atoms with Crippen molar-refractivity contribution in [3.8, 4) is 0 Å². The summed E-state index contributed by atoms with van der Waals surface area (Å²) in [5.74, 6) is 0.428. The molecule has 2 aliphatic rings. The van der Waals surface area contributed by atoms with Crippen LogP contribution in [0.3, 0.4) is 0 Å². The maximum absolute atomic E-state index is 13.3. The Labute approximate surface area is 136 Å². The Hall–Kier alpha value is -1.50. The number of nitrogens with zero attached hydrogens (tertiary/aromatic N) is 2. The summed E-state index contributed by atoms with van der Waals surface area (Å²) in [4.78, 5) is 4.58. The standard InChI is InChI=1S/C17H21N3O2S/c1-11-8-18-9-13-4-3-5-15(16(11)13)23(21,22)20-10-14-6-7-19-17(14)12(20)2/h3-5,8-9,12,14,17,19H,6-7,10H2,1-2H3. The summed E-state index contributed by atoms with van der Waals surface area (Å²) in [5.41, 5.74) is 0.895. The fourth-order valence-corrected chi connectivity index (χ4v) is 6.15. The van der Waals surface area contributed by atoms with E-state index in [1.807, 2.05) is 19.9 Å². The molecule has 2 aromatic rings. The lowest BCUT2D eigenvalue weighted by Crippen LogP contribution is -2.42. The summed E-state index contributed by atoms with van der Waals surface area (Å²) in [6.07, 6.45) is 4.51. The van der Waals surface area contributed by atoms with Crippen LogP contribution >= 0.6 is 0 Å². The van der Waals surface area contributed by atoms with E-state index in [0.717, 1.165) is 29.3 Å². The second-order valence-corrected chi connectivity index (χ2v) is 8.51. The van der Waals surface area contributed by atoms with Crippen molar-refractivity contribution >= 4 is 20.8 Å². The highest BCUT2D eigenvalue weighted by molar-refractivity contribution is 7.89. The van der Waals surface area contributed by atoms with E-state index >= 15 is 0 Å². The molecule has 1 N–H and O–H groups in total. The van der Waals surface area contributed by atoms with E-state index in [2.05, 4.69) is 10.3 Å². The van der Waals surface area contributed by atoms with E-state index in [0.29, 0.717) is 17.4 Å². The van der Waals surface area contributed by atoms with Gasteiger partial charge in [0.05, 0.1) is 4.90 Å². The van der Waals surface area contributed by atoms with Crippen LogP contribution in [0.5, 0.6) is 0 Å². The van der Waals surface area contributed by atoms with Crippen LogP contribution in [0.25, 0.3) is 10.8 Å². The minimum Gasteiger partial charge on any atom is -0.312 e. The van der Waals surface area contributed by atoms with Crippen LogP contribution in [0.4, 0.5) is 0 Å². The van der Waals surface area contributed by atoms with Crippen molar-refractivity contribution in [2.75, 3.05) is 13.1 Å². The lowest BCUT2D eigenvalue weighted by molar-refractivity contribution is 0.373. The first kappa shape index (κ1) is 15.1. The van der Waals surface area contributed by atoms with Gasteiger partial charge < -0.3 is 5.32 Å². The van der Waals surface area contributed by atoms with Crippen molar-refractivity contribution in [1.82, 2.24) is 14.6 Å². The molecular formula is C17H21N3O2S. The van der Waals surface area contributed by atoms with Gasteiger partial charge in [0, 0.05) is 41.8 Å². The zero-order valence-electron chi connectivity index (χ0n) is 13.4. The van der Waals surface area contributed by atoms with Crippen molar-refractivity contribution in [3.05, 3.63) is 36.2 Å². The molecule has 3 heterocycles. The van der Waals surface area contributed by atoms with Crippen molar-refractivity contribution in [3.63, 3.8) is 0 Å². The number of nitrogens with one attached hydrogen (secondary N) is 1. The summed E-state index contributed by atoms with van der Waals surface area (Å²) in [6, 6.07) is 5.71. The number of hydrogen-bond acceptors (Lipinski definition) is 4. The van der Waals surface area contributed by atoms with Crippen LogP contribution < -0.4 is 5.32 Å². The second-order valence-electron chi connectivity index (χ2n) is 6.65. The monoisotopic (exact) mass is 331 g/mol. The summed E-state index contributed by atoms with van der Waals surface area (Å²) in [6.45, 7) is 5.53. The summed E-state index contributed by atoms with van der Waals surface area (Å²) in [5, 5.41) is 5.12. The number of aromatic nitrogens is 1. The maximum atomic E-state index is 13.3. The molecule has 0 amide bonds. The van der Waals surface area contributed by atoms with Crippen LogP contribution in [0.1, 0.15) is 18.9 Å². The SMILES string of the molecule is Cc1cncc2cccc(S(=O)(=O)N3CC4CCNC4C3C)c12. The molecule has 6 heteroatoms. The second kappa shape index (κ2) is 5.26. The van der Waals surface area contributed by atoms with Gasteiger partial charge in [-0.05, 0) is 44.4 Å². The van der Waals surface area contributed by atoms with Gasteiger partial charge in [0.2, 0.25) is 10.0 Å². The zero-order valence-corrected chi connectivity index (χ0v) is 14.2. The van der Waals surface area contributed by atoms with Crippen LogP contribution in [0, 0.1) is 12.8 Å². The minimum absolute atomic E-state index is 0.00935. The van der Waals surface area contributed by atoms with E-state index in [4.69, 9.17) is 0 Å². The number of sulfonamides is 1.